The summed E-state index contributed by atoms with van der Waals surface area (Å²) in [4.78, 5) is 66.1. The van der Waals surface area contributed by atoms with Crippen LogP contribution < -0.4 is 0 Å². The van der Waals surface area contributed by atoms with Gasteiger partial charge in [0.05, 0.1) is 28.3 Å². The molecule has 0 N–H and O–H groups in total. The van der Waals surface area contributed by atoms with Crippen LogP contribution in [0.25, 0.3) is 33.0 Å². The summed E-state index contributed by atoms with van der Waals surface area (Å²) < 4.78 is 26.3. The van der Waals surface area contributed by atoms with E-state index in [9.17, 15) is 24.0 Å². The van der Waals surface area contributed by atoms with Crippen molar-refractivity contribution < 1.29 is 42.9 Å². The molecule has 1 fully saturated rings. The number of amides is 2. The summed E-state index contributed by atoms with van der Waals surface area (Å²) in [6.07, 6.45) is -0.0978. The van der Waals surface area contributed by atoms with Crippen LogP contribution in [0.5, 0.6) is 0 Å². The maximum atomic E-state index is 14.0. The van der Waals surface area contributed by atoms with Gasteiger partial charge in [0, 0.05) is 61.6 Å². The van der Waals surface area contributed by atoms with Crippen LogP contribution in [0.15, 0.2) is 60.9 Å². The average Bonchev–Trinajstić information content (AvgIpc) is 3.64. The van der Waals surface area contributed by atoms with Crippen LogP contribution in [0.2, 0.25) is 0 Å². The largest absolute Gasteiger partial charge is 0.458 e. The molecule has 2 amide bonds. The SMILES string of the molecule is CC(=O)O[C@H]1[C@H](C)O[C@H](n2cc(C3=C(c4cn(C(=O)OC(C)(C)C)c5ccccc45)C(=O)N(C)C3=O)c3ccccc32)C[C@@H]1OC(C)=O. The second-order valence-electron chi connectivity index (χ2n) is 13.1. The van der Waals surface area contributed by atoms with Gasteiger partial charge in [-0.1, -0.05) is 36.4 Å². The van der Waals surface area contributed by atoms with Crippen molar-refractivity contribution in [3.05, 3.63) is 72.1 Å². The van der Waals surface area contributed by atoms with E-state index in [-0.39, 0.29) is 17.6 Å². The van der Waals surface area contributed by atoms with Gasteiger partial charge < -0.3 is 23.5 Å². The molecule has 4 atom stereocenters. The number of rotatable bonds is 5. The molecule has 0 saturated carbocycles. The fraction of sp³-hybridized carbons (Fsp3) is 0.361. The molecule has 12 heteroatoms. The maximum absolute atomic E-state index is 14.0. The van der Waals surface area contributed by atoms with Crippen LogP contribution in [0, 0.1) is 0 Å². The number of para-hydroxylation sites is 2. The van der Waals surface area contributed by atoms with E-state index in [4.69, 9.17) is 18.9 Å². The van der Waals surface area contributed by atoms with Crippen molar-refractivity contribution in [2.24, 2.45) is 0 Å². The molecule has 0 unspecified atom stereocenters. The molecule has 6 rings (SSSR count). The zero-order valence-corrected chi connectivity index (χ0v) is 27.8. The third-order valence-corrected chi connectivity index (χ3v) is 8.43. The molecule has 48 heavy (non-hydrogen) atoms. The Bertz CT molecular complexity index is 2030. The molecule has 250 valence electrons. The number of carbonyl (C=O) groups excluding carboxylic acids is 5. The molecule has 2 aromatic carbocycles. The lowest BCUT2D eigenvalue weighted by molar-refractivity contribution is -0.214. The standard InChI is InChI=1S/C36H37N3O9/c1-19-32(47-21(3)41)28(46-20(2)40)16-29(45-19)38-17-24(22-12-8-10-14-26(22)38)30-31(34(43)37(7)33(30)42)25-18-39(35(44)48-36(4,5)6)27-15-11-9-13-23(25)27/h8-15,17-19,28-29,32H,16H2,1-7H3/t19-,28-,29-,32-/m0/s1. The number of aromatic nitrogens is 2. The van der Waals surface area contributed by atoms with E-state index in [0.29, 0.717) is 32.9 Å². The second-order valence-corrected chi connectivity index (χ2v) is 13.1. The smallest absolute Gasteiger partial charge is 0.419 e. The Balaban J connectivity index is 1.53. The lowest BCUT2D eigenvalue weighted by Crippen LogP contribution is -2.49. The van der Waals surface area contributed by atoms with Gasteiger partial charge in [-0.2, -0.15) is 0 Å². The molecular formula is C36H37N3O9. The van der Waals surface area contributed by atoms with E-state index < -0.39 is 60.0 Å². The van der Waals surface area contributed by atoms with Crippen molar-refractivity contribution in [2.75, 3.05) is 7.05 Å². The number of benzene rings is 2. The maximum Gasteiger partial charge on any atom is 0.419 e. The zero-order chi connectivity index (χ0) is 34.7. The van der Waals surface area contributed by atoms with Gasteiger partial charge in [0.2, 0.25) is 0 Å². The summed E-state index contributed by atoms with van der Waals surface area (Å²) in [6.45, 7) is 9.61. The van der Waals surface area contributed by atoms with Crippen molar-refractivity contribution in [1.82, 2.24) is 14.0 Å². The Morgan fingerprint density at radius 2 is 1.35 bits per heavy atom. The number of carbonyl (C=O) groups is 5. The second kappa shape index (κ2) is 12.1. The van der Waals surface area contributed by atoms with Crippen LogP contribution in [0.3, 0.4) is 0 Å². The highest BCUT2D eigenvalue weighted by Crippen LogP contribution is 2.43. The van der Waals surface area contributed by atoms with Crippen molar-refractivity contribution in [3.63, 3.8) is 0 Å². The third-order valence-electron chi connectivity index (χ3n) is 8.43. The molecule has 0 bridgehead atoms. The quantitative estimate of drug-likeness (QED) is 0.156. The lowest BCUT2D eigenvalue weighted by atomic mass is 9.95. The third kappa shape index (κ3) is 5.76. The average molecular weight is 656 g/mol. The van der Waals surface area contributed by atoms with Gasteiger partial charge in [-0.15, -0.1) is 0 Å². The number of hydrogen-bond acceptors (Lipinski definition) is 9. The predicted molar refractivity (Wildman–Crippen MR) is 175 cm³/mol. The van der Waals surface area contributed by atoms with E-state index >= 15 is 0 Å². The molecule has 0 aliphatic carbocycles. The number of likely N-dealkylation sites (N-methyl/N-ethyl adjacent to an activating group) is 1. The van der Waals surface area contributed by atoms with Crippen LogP contribution in [-0.4, -0.2) is 74.8 Å². The van der Waals surface area contributed by atoms with E-state index in [1.807, 2.05) is 28.8 Å². The van der Waals surface area contributed by atoms with Crippen LogP contribution in [0.1, 0.15) is 65.3 Å². The number of ether oxygens (including phenoxy) is 4. The van der Waals surface area contributed by atoms with Gasteiger partial charge in [0.15, 0.2) is 6.10 Å². The highest BCUT2D eigenvalue weighted by Gasteiger charge is 2.44. The molecule has 2 aromatic heterocycles. The number of hydrogen-bond donors (Lipinski definition) is 0. The molecule has 4 heterocycles. The molecule has 1 saturated heterocycles. The number of nitrogens with zero attached hydrogens (tertiary/aromatic N) is 3. The first-order valence-electron chi connectivity index (χ1n) is 15.7. The van der Waals surface area contributed by atoms with E-state index in [1.165, 1.54) is 25.5 Å². The van der Waals surface area contributed by atoms with Gasteiger partial charge >= 0.3 is 18.0 Å². The van der Waals surface area contributed by atoms with E-state index in [0.717, 1.165) is 4.90 Å². The Labute approximate surface area is 276 Å². The molecule has 2 aliphatic rings. The summed E-state index contributed by atoms with van der Waals surface area (Å²) in [5.41, 5.74) is 1.67. The Hall–Kier alpha value is -5.23. The monoisotopic (exact) mass is 655 g/mol. The van der Waals surface area contributed by atoms with Gasteiger partial charge in [-0.05, 0) is 39.8 Å². The number of fused-ring (bicyclic) bond motifs is 2. The van der Waals surface area contributed by atoms with Crippen LogP contribution in [-0.2, 0) is 38.1 Å². The van der Waals surface area contributed by atoms with E-state index in [2.05, 4.69) is 0 Å². The zero-order valence-electron chi connectivity index (χ0n) is 27.8. The minimum absolute atomic E-state index is 0.148. The van der Waals surface area contributed by atoms with Crippen molar-refractivity contribution in [3.8, 4) is 0 Å². The summed E-state index contributed by atoms with van der Waals surface area (Å²) in [7, 11) is 1.43. The number of imide groups is 1. The van der Waals surface area contributed by atoms with Crippen LogP contribution >= 0.6 is 0 Å². The van der Waals surface area contributed by atoms with E-state index in [1.54, 1.807) is 64.4 Å². The highest BCUT2D eigenvalue weighted by molar-refractivity contribution is 6.50. The first-order valence-corrected chi connectivity index (χ1v) is 15.7. The molecule has 2 aliphatic heterocycles. The summed E-state index contributed by atoms with van der Waals surface area (Å²) in [6, 6.07) is 14.5. The number of esters is 2. The minimum Gasteiger partial charge on any atom is -0.458 e. The minimum atomic E-state index is -0.816. The van der Waals surface area contributed by atoms with Crippen molar-refractivity contribution in [1.29, 1.82) is 0 Å². The molecule has 0 spiro atoms. The summed E-state index contributed by atoms with van der Waals surface area (Å²) in [5, 5.41) is 1.28. The molecular weight excluding hydrogens is 618 g/mol. The summed E-state index contributed by atoms with van der Waals surface area (Å²) >= 11 is 0. The van der Waals surface area contributed by atoms with Crippen molar-refractivity contribution in [2.45, 2.75) is 78.1 Å². The Kier molecular flexibility index (Phi) is 8.24. The molecule has 4 aromatic rings. The summed E-state index contributed by atoms with van der Waals surface area (Å²) in [5.74, 6) is -2.07. The first kappa shape index (κ1) is 32.7. The topological polar surface area (TPSA) is 135 Å². The highest BCUT2D eigenvalue weighted by atomic mass is 16.6. The predicted octanol–water partition coefficient (Wildman–Crippen LogP) is 5.46. The Morgan fingerprint density at radius 1 is 0.812 bits per heavy atom. The first-order chi connectivity index (χ1) is 22.7. The lowest BCUT2D eigenvalue weighted by Gasteiger charge is -2.39. The van der Waals surface area contributed by atoms with Gasteiger partial charge in [0.25, 0.3) is 11.8 Å². The normalized spacial score (nSPS) is 21.7. The Morgan fingerprint density at radius 3 is 1.94 bits per heavy atom. The van der Waals surface area contributed by atoms with Crippen molar-refractivity contribution >= 4 is 62.8 Å². The van der Waals surface area contributed by atoms with Gasteiger partial charge in [-0.25, -0.2) is 4.79 Å². The molecule has 12 nitrogen and oxygen atoms in total. The fourth-order valence-electron chi connectivity index (χ4n) is 6.51. The molecule has 0 radical (unpaired) electrons. The van der Waals surface area contributed by atoms with Gasteiger partial charge in [-0.3, -0.25) is 28.6 Å². The van der Waals surface area contributed by atoms with Gasteiger partial charge in [0.1, 0.15) is 17.9 Å². The van der Waals surface area contributed by atoms with Crippen LogP contribution in [0.4, 0.5) is 4.79 Å². The fourth-order valence-corrected chi connectivity index (χ4v) is 6.51.